The Kier molecular flexibility index (Phi) is 4.68. The summed E-state index contributed by atoms with van der Waals surface area (Å²) in [7, 11) is 1.95. The van der Waals surface area contributed by atoms with Crippen LogP contribution in [0.3, 0.4) is 0 Å². The molecule has 3 aromatic rings. The maximum absolute atomic E-state index is 12.7. The minimum atomic E-state index is -0.0629. The van der Waals surface area contributed by atoms with Gasteiger partial charge < -0.3 is 15.2 Å². The molecule has 5 rings (SSSR count). The Morgan fingerprint density at radius 2 is 2.07 bits per heavy atom. The van der Waals surface area contributed by atoms with Crippen molar-refractivity contribution in [3.63, 3.8) is 0 Å². The number of rotatable bonds is 5. The van der Waals surface area contributed by atoms with E-state index in [4.69, 9.17) is 9.97 Å². The Morgan fingerprint density at radius 3 is 2.90 bits per heavy atom. The van der Waals surface area contributed by atoms with Gasteiger partial charge in [0.2, 0.25) is 5.91 Å². The average molecular weight is 405 g/mol. The zero-order valence-corrected chi connectivity index (χ0v) is 17.7. The lowest BCUT2D eigenvalue weighted by Crippen LogP contribution is -2.47. The third-order valence-electron chi connectivity index (χ3n) is 6.47. The molecule has 1 amide bonds. The molecule has 156 valence electrons. The van der Waals surface area contributed by atoms with Gasteiger partial charge >= 0.3 is 0 Å². The van der Waals surface area contributed by atoms with E-state index >= 15 is 0 Å². The van der Waals surface area contributed by atoms with E-state index < -0.39 is 0 Å². The van der Waals surface area contributed by atoms with Gasteiger partial charge in [-0.15, -0.1) is 0 Å². The summed E-state index contributed by atoms with van der Waals surface area (Å²) in [6.45, 7) is 2.45. The summed E-state index contributed by atoms with van der Waals surface area (Å²) in [5.41, 5.74) is 3.94. The van der Waals surface area contributed by atoms with Gasteiger partial charge in [-0.3, -0.25) is 9.78 Å². The largest absolute Gasteiger partial charge is 0.360 e. The van der Waals surface area contributed by atoms with Crippen LogP contribution in [0.2, 0.25) is 0 Å². The number of carbonyl (C=O) groups is 1. The molecule has 0 spiro atoms. The van der Waals surface area contributed by atoms with Gasteiger partial charge in [0.1, 0.15) is 11.5 Å². The normalized spacial score (nSPS) is 17.3. The lowest BCUT2D eigenvalue weighted by Gasteiger charge is -2.27. The van der Waals surface area contributed by atoms with Crippen LogP contribution in [-0.4, -0.2) is 45.0 Å². The number of carbonyl (C=O) groups excluding carboxylic acids is 1. The lowest BCUT2D eigenvalue weighted by atomic mass is 10.0. The topological polar surface area (TPSA) is 86.8 Å². The van der Waals surface area contributed by atoms with Crippen molar-refractivity contribution < 1.29 is 4.79 Å². The van der Waals surface area contributed by atoms with Crippen LogP contribution in [0.1, 0.15) is 50.3 Å². The van der Waals surface area contributed by atoms with E-state index in [9.17, 15) is 4.79 Å². The van der Waals surface area contributed by atoms with Crippen LogP contribution in [0.15, 0.2) is 24.5 Å². The highest BCUT2D eigenvalue weighted by Gasteiger charge is 2.31. The van der Waals surface area contributed by atoms with Crippen LogP contribution in [0, 0.1) is 0 Å². The van der Waals surface area contributed by atoms with Crippen LogP contribution in [-0.2, 0) is 17.6 Å². The molecule has 7 nitrogen and oxygen atoms in total. The van der Waals surface area contributed by atoms with Gasteiger partial charge in [-0.25, -0.2) is 9.97 Å². The Balaban J connectivity index is 1.43. The van der Waals surface area contributed by atoms with Gasteiger partial charge in [0.25, 0.3) is 0 Å². The first-order valence-electron chi connectivity index (χ1n) is 10.9. The number of aromatic amines is 1. The second-order valence-electron chi connectivity index (χ2n) is 8.96. The van der Waals surface area contributed by atoms with Crippen LogP contribution >= 0.6 is 0 Å². The van der Waals surface area contributed by atoms with Gasteiger partial charge in [-0.05, 0) is 51.2 Å². The first-order valence-corrected chi connectivity index (χ1v) is 10.9. The minimum Gasteiger partial charge on any atom is -0.360 e. The average Bonchev–Trinajstić information content (AvgIpc) is 3.46. The third-order valence-corrected chi connectivity index (χ3v) is 6.47. The van der Waals surface area contributed by atoms with E-state index in [0.717, 1.165) is 60.2 Å². The molecule has 3 aromatic heterocycles. The Labute approximate surface area is 176 Å². The first kappa shape index (κ1) is 19.0. The number of likely N-dealkylation sites (N-methyl/N-ethyl adjacent to an activating group) is 1. The molecule has 0 unspecified atom stereocenters. The monoisotopic (exact) mass is 404 g/mol. The Bertz CT molecular complexity index is 1100. The fourth-order valence-electron chi connectivity index (χ4n) is 4.86. The SMILES string of the molecule is CN(CC(=O)NC1(C)CCCC1)c1nc(-c2cc3cc[nH]c3cn2)nc2c1CCC2. The predicted molar refractivity (Wildman–Crippen MR) is 117 cm³/mol. The Hall–Kier alpha value is -2.96. The molecular weight excluding hydrogens is 376 g/mol. The summed E-state index contributed by atoms with van der Waals surface area (Å²) >= 11 is 0. The number of H-pyrrole nitrogens is 1. The molecule has 1 fully saturated rings. The Morgan fingerprint density at radius 1 is 1.23 bits per heavy atom. The number of hydrogen-bond acceptors (Lipinski definition) is 5. The zero-order chi connectivity index (χ0) is 20.7. The molecule has 0 saturated heterocycles. The lowest BCUT2D eigenvalue weighted by molar-refractivity contribution is -0.121. The van der Waals surface area contributed by atoms with E-state index in [1.807, 2.05) is 36.5 Å². The van der Waals surface area contributed by atoms with Gasteiger partial charge in [-0.1, -0.05) is 12.8 Å². The number of anilines is 1. The van der Waals surface area contributed by atoms with E-state index in [0.29, 0.717) is 12.4 Å². The predicted octanol–water partition coefficient (Wildman–Crippen LogP) is 3.39. The summed E-state index contributed by atoms with van der Waals surface area (Å²) in [5, 5.41) is 4.33. The van der Waals surface area contributed by atoms with Gasteiger partial charge in [0.05, 0.1) is 18.3 Å². The summed E-state index contributed by atoms with van der Waals surface area (Å²) in [6, 6.07) is 4.04. The summed E-state index contributed by atoms with van der Waals surface area (Å²) in [4.78, 5) is 32.1. The summed E-state index contributed by atoms with van der Waals surface area (Å²) < 4.78 is 0. The molecule has 0 aromatic carbocycles. The quantitative estimate of drug-likeness (QED) is 0.681. The van der Waals surface area contributed by atoms with Crippen LogP contribution in [0.4, 0.5) is 5.82 Å². The number of hydrogen-bond donors (Lipinski definition) is 2. The molecule has 7 heteroatoms. The smallest absolute Gasteiger partial charge is 0.239 e. The van der Waals surface area contributed by atoms with Crippen molar-refractivity contribution in [3.8, 4) is 11.5 Å². The van der Waals surface area contributed by atoms with Crippen molar-refractivity contribution in [2.45, 2.75) is 57.4 Å². The molecule has 30 heavy (non-hydrogen) atoms. The molecule has 3 heterocycles. The number of amides is 1. The van der Waals surface area contributed by atoms with Crippen molar-refractivity contribution in [1.82, 2.24) is 25.3 Å². The van der Waals surface area contributed by atoms with Crippen molar-refractivity contribution in [1.29, 1.82) is 0 Å². The highest BCUT2D eigenvalue weighted by molar-refractivity contribution is 5.83. The molecular formula is C23H28N6O. The number of aryl methyl sites for hydroxylation is 1. The molecule has 0 aliphatic heterocycles. The fourth-order valence-corrected chi connectivity index (χ4v) is 4.86. The molecule has 0 bridgehead atoms. The standard InChI is InChI=1S/C23H28N6O/c1-23(9-3-4-10-23)28-20(30)14-29(2)22-16-6-5-7-17(16)26-21(27-22)18-12-15-8-11-24-19(15)13-25-18/h8,11-13,24H,3-7,9-10,14H2,1-2H3,(H,28,30). The second-order valence-corrected chi connectivity index (χ2v) is 8.96. The van der Waals surface area contributed by atoms with Crippen molar-refractivity contribution in [2.75, 3.05) is 18.5 Å². The number of aromatic nitrogens is 4. The van der Waals surface area contributed by atoms with Gasteiger partial charge in [0, 0.05) is 35.4 Å². The molecule has 2 N–H and O–H groups in total. The van der Waals surface area contributed by atoms with Crippen molar-refractivity contribution >= 4 is 22.6 Å². The molecule has 2 aliphatic carbocycles. The second kappa shape index (κ2) is 7.38. The summed E-state index contributed by atoms with van der Waals surface area (Å²) in [5.74, 6) is 1.54. The van der Waals surface area contributed by atoms with E-state index in [1.54, 1.807) is 0 Å². The zero-order valence-electron chi connectivity index (χ0n) is 17.7. The van der Waals surface area contributed by atoms with Crippen LogP contribution in [0.25, 0.3) is 22.4 Å². The maximum atomic E-state index is 12.7. The fraction of sp³-hybridized carbons (Fsp3) is 0.478. The number of nitrogens with zero attached hydrogens (tertiary/aromatic N) is 4. The van der Waals surface area contributed by atoms with Crippen LogP contribution in [0.5, 0.6) is 0 Å². The molecule has 0 radical (unpaired) electrons. The highest BCUT2D eigenvalue weighted by atomic mass is 16.2. The van der Waals surface area contributed by atoms with E-state index in [-0.39, 0.29) is 11.4 Å². The number of nitrogens with one attached hydrogen (secondary N) is 2. The molecule has 2 aliphatic rings. The van der Waals surface area contributed by atoms with Crippen molar-refractivity contribution in [3.05, 3.63) is 35.8 Å². The minimum absolute atomic E-state index is 0.0562. The van der Waals surface area contributed by atoms with Gasteiger partial charge in [0.15, 0.2) is 5.82 Å². The molecule has 1 saturated carbocycles. The summed E-state index contributed by atoms with van der Waals surface area (Å²) in [6.07, 6.45) is 11.2. The first-order chi connectivity index (χ1) is 14.5. The van der Waals surface area contributed by atoms with Crippen molar-refractivity contribution in [2.24, 2.45) is 0 Å². The van der Waals surface area contributed by atoms with E-state index in [2.05, 4.69) is 22.2 Å². The third kappa shape index (κ3) is 3.53. The van der Waals surface area contributed by atoms with Gasteiger partial charge in [-0.2, -0.15) is 0 Å². The van der Waals surface area contributed by atoms with Crippen LogP contribution < -0.4 is 10.2 Å². The number of pyridine rings is 1. The molecule has 0 atom stereocenters. The maximum Gasteiger partial charge on any atom is 0.239 e. The number of fused-ring (bicyclic) bond motifs is 2. The highest BCUT2D eigenvalue weighted by Crippen LogP contribution is 2.32. The van der Waals surface area contributed by atoms with E-state index in [1.165, 1.54) is 18.4 Å².